The second-order valence-corrected chi connectivity index (χ2v) is 3.68. The molecule has 88 valence electrons. The van der Waals surface area contributed by atoms with Gasteiger partial charge in [-0.3, -0.25) is 0 Å². The molecule has 1 atom stereocenters. The van der Waals surface area contributed by atoms with Crippen LogP contribution in [-0.2, 0) is 6.18 Å². The zero-order chi connectivity index (χ0) is 11.8. The molecule has 0 amide bonds. The summed E-state index contributed by atoms with van der Waals surface area (Å²) in [4.78, 5) is 7.02. The fourth-order valence-corrected chi connectivity index (χ4v) is 1.75. The molecule has 1 aromatic heterocycles. The zero-order valence-electron chi connectivity index (χ0n) is 8.38. The standard InChI is InChI=1S/C9H11F3N4/c10-9(11,12)7-4-6(15-8(13)16-7)5-2-1-3-14-5/h4-5,14H,1-3H2,(H2,13,15,16)/t5-/m0/s1. The number of anilines is 1. The Labute approximate surface area is 90.1 Å². The van der Waals surface area contributed by atoms with Gasteiger partial charge in [-0.1, -0.05) is 0 Å². The molecule has 1 fully saturated rings. The Bertz CT molecular complexity index is 385. The molecule has 0 aromatic carbocycles. The van der Waals surface area contributed by atoms with Crippen LogP contribution in [0, 0.1) is 0 Å². The third-order valence-corrected chi connectivity index (χ3v) is 2.47. The molecule has 3 N–H and O–H groups in total. The van der Waals surface area contributed by atoms with Crippen molar-refractivity contribution in [2.45, 2.75) is 25.1 Å². The van der Waals surface area contributed by atoms with Crippen molar-refractivity contribution >= 4 is 5.95 Å². The van der Waals surface area contributed by atoms with Crippen molar-refractivity contribution in [2.75, 3.05) is 12.3 Å². The molecule has 0 unspecified atom stereocenters. The van der Waals surface area contributed by atoms with E-state index in [-0.39, 0.29) is 12.0 Å². The van der Waals surface area contributed by atoms with Gasteiger partial charge in [-0.15, -0.1) is 0 Å². The zero-order valence-corrected chi connectivity index (χ0v) is 8.38. The third kappa shape index (κ3) is 2.24. The lowest BCUT2D eigenvalue weighted by Gasteiger charge is -2.12. The summed E-state index contributed by atoms with van der Waals surface area (Å²) in [5.41, 5.74) is 4.61. The molecule has 16 heavy (non-hydrogen) atoms. The number of aromatic nitrogens is 2. The molecule has 0 spiro atoms. The van der Waals surface area contributed by atoms with Crippen LogP contribution in [0.15, 0.2) is 6.07 Å². The molecule has 0 aliphatic carbocycles. The molecule has 1 aliphatic heterocycles. The Morgan fingerprint density at radius 2 is 2.12 bits per heavy atom. The molecule has 1 aliphatic rings. The summed E-state index contributed by atoms with van der Waals surface area (Å²) in [6.07, 6.45) is -2.78. The Morgan fingerprint density at radius 1 is 1.38 bits per heavy atom. The second kappa shape index (κ2) is 3.89. The highest BCUT2D eigenvalue weighted by Crippen LogP contribution is 2.30. The molecule has 2 rings (SSSR count). The van der Waals surface area contributed by atoms with E-state index in [0.717, 1.165) is 25.5 Å². The summed E-state index contributed by atoms with van der Waals surface area (Å²) >= 11 is 0. The maximum Gasteiger partial charge on any atom is 0.433 e. The van der Waals surface area contributed by atoms with Crippen LogP contribution in [-0.4, -0.2) is 16.5 Å². The lowest BCUT2D eigenvalue weighted by Crippen LogP contribution is -2.18. The molecule has 1 saturated heterocycles. The molecule has 0 bridgehead atoms. The first kappa shape index (κ1) is 11.1. The smallest absolute Gasteiger partial charge is 0.368 e. The van der Waals surface area contributed by atoms with Crippen molar-refractivity contribution in [1.82, 2.24) is 15.3 Å². The summed E-state index contributed by atoms with van der Waals surface area (Å²) in [7, 11) is 0. The number of nitrogens with zero attached hydrogens (tertiary/aromatic N) is 2. The van der Waals surface area contributed by atoms with Crippen molar-refractivity contribution in [3.8, 4) is 0 Å². The van der Waals surface area contributed by atoms with E-state index >= 15 is 0 Å². The Hall–Kier alpha value is -1.37. The number of nitrogens with one attached hydrogen (secondary N) is 1. The minimum Gasteiger partial charge on any atom is -0.368 e. The van der Waals surface area contributed by atoms with Gasteiger partial charge in [0, 0.05) is 6.04 Å². The van der Waals surface area contributed by atoms with Gasteiger partial charge >= 0.3 is 6.18 Å². The number of alkyl halides is 3. The Balaban J connectivity index is 2.35. The van der Waals surface area contributed by atoms with Crippen LogP contribution in [0.1, 0.15) is 30.3 Å². The molecule has 7 heteroatoms. The normalized spacial score (nSPS) is 21.3. The lowest BCUT2D eigenvalue weighted by molar-refractivity contribution is -0.141. The van der Waals surface area contributed by atoms with Gasteiger partial charge in [0.1, 0.15) is 5.69 Å². The number of halogens is 3. The molecular weight excluding hydrogens is 221 g/mol. The van der Waals surface area contributed by atoms with Gasteiger partial charge < -0.3 is 11.1 Å². The number of hydrogen-bond donors (Lipinski definition) is 2. The predicted octanol–water partition coefficient (Wildman–Crippen LogP) is 1.50. The molecule has 1 aromatic rings. The monoisotopic (exact) mass is 232 g/mol. The van der Waals surface area contributed by atoms with Crippen LogP contribution in [0.4, 0.5) is 19.1 Å². The third-order valence-electron chi connectivity index (χ3n) is 2.47. The summed E-state index contributed by atoms with van der Waals surface area (Å²) < 4.78 is 37.4. The average molecular weight is 232 g/mol. The van der Waals surface area contributed by atoms with Crippen LogP contribution in [0.3, 0.4) is 0 Å². The maximum absolute atomic E-state index is 12.5. The molecule has 2 heterocycles. The van der Waals surface area contributed by atoms with Crippen molar-refractivity contribution in [2.24, 2.45) is 0 Å². The topological polar surface area (TPSA) is 63.8 Å². The highest BCUT2D eigenvalue weighted by atomic mass is 19.4. The molecular formula is C9H11F3N4. The van der Waals surface area contributed by atoms with E-state index in [9.17, 15) is 13.2 Å². The largest absolute Gasteiger partial charge is 0.433 e. The number of hydrogen-bond acceptors (Lipinski definition) is 4. The first-order valence-electron chi connectivity index (χ1n) is 4.92. The van der Waals surface area contributed by atoms with Gasteiger partial charge in [-0.2, -0.15) is 13.2 Å². The first-order valence-corrected chi connectivity index (χ1v) is 4.92. The van der Waals surface area contributed by atoms with Crippen LogP contribution >= 0.6 is 0 Å². The summed E-state index contributed by atoms with van der Waals surface area (Å²) in [6, 6.07) is 0.811. The van der Waals surface area contributed by atoms with E-state index < -0.39 is 11.9 Å². The van der Waals surface area contributed by atoms with Gasteiger partial charge in [0.2, 0.25) is 5.95 Å². The predicted molar refractivity (Wildman–Crippen MR) is 51.4 cm³/mol. The van der Waals surface area contributed by atoms with E-state index in [1.54, 1.807) is 0 Å². The average Bonchev–Trinajstić information content (AvgIpc) is 2.68. The van der Waals surface area contributed by atoms with Crippen molar-refractivity contribution in [3.05, 3.63) is 17.5 Å². The molecule has 0 radical (unpaired) electrons. The fourth-order valence-electron chi connectivity index (χ4n) is 1.75. The lowest BCUT2D eigenvalue weighted by atomic mass is 10.1. The molecule has 0 saturated carbocycles. The van der Waals surface area contributed by atoms with E-state index in [1.165, 1.54) is 0 Å². The van der Waals surface area contributed by atoms with Gasteiger partial charge in [-0.05, 0) is 25.5 Å². The van der Waals surface area contributed by atoms with Gasteiger partial charge in [-0.25, -0.2) is 9.97 Å². The van der Waals surface area contributed by atoms with Gasteiger partial charge in [0.25, 0.3) is 0 Å². The second-order valence-electron chi connectivity index (χ2n) is 3.68. The Morgan fingerprint density at radius 3 is 2.69 bits per heavy atom. The van der Waals surface area contributed by atoms with Crippen LogP contribution in [0.5, 0.6) is 0 Å². The minimum atomic E-state index is -4.48. The van der Waals surface area contributed by atoms with Crippen LogP contribution < -0.4 is 11.1 Å². The summed E-state index contributed by atoms with van der Waals surface area (Å²) in [6.45, 7) is 0.788. The van der Waals surface area contributed by atoms with E-state index in [0.29, 0.717) is 5.69 Å². The Kier molecular flexibility index (Phi) is 2.71. The number of rotatable bonds is 1. The summed E-state index contributed by atoms with van der Waals surface area (Å²) in [5, 5.41) is 3.07. The van der Waals surface area contributed by atoms with E-state index in [1.807, 2.05) is 0 Å². The van der Waals surface area contributed by atoms with E-state index in [4.69, 9.17) is 5.73 Å². The minimum absolute atomic E-state index is 0.147. The fraction of sp³-hybridized carbons (Fsp3) is 0.556. The van der Waals surface area contributed by atoms with Gasteiger partial charge in [0.05, 0.1) is 5.69 Å². The van der Waals surface area contributed by atoms with Crippen molar-refractivity contribution in [1.29, 1.82) is 0 Å². The SMILES string of the molecule is Nc1nc([C@@H]2CCCN2)cc(C(F)(F)F)n1. The van der Waals surface area contributed by atoms with Crippen molar-refractivity contribution in [3.63, 3.8) is 0 Å². The van der Waals surface area contributed by atoms with Gasteiger partial charge in [0.15, 0.2) is 0 Å². The summed E-state index contributed by atoms with van der Waals surface area (Å²) in [5.74, 6) is -0.335. The number of nitrogens with two attached hydrogens (primary N) is 1. The van der Waals surface area contributed by atoms with E-state index in [2.05, 4.69) is 15.3 Å². The highest BCUT2D eigenvalue weighted by Gasteiger charge is 2.34. The highest BCUT2D eigenvalue weighted by molar-refractivity contribution is 5.26. The van der Waals surface area contributed by atoms with Crippen LogP contribution in [0.2, 0.25) is 0 Å². The first-order chi connectivity index (χ1) is 7.47. The quantitative estimate of drug-likeness (QED) is 0.770. The van der Waals surface area contributed by atoms with Crippen LogP contribution in [0.25, 0.3) is 0 Å². The number of nitrogen functional groups attached to an aromatic ring is 1. The maximum atomic E-state index is 12.5. The van der Waals surface area contributed by atoms with Crippen molar-refractivity contribution < 1.29 is 13.2 Å². The molecule has 4 nitrogen and oxygen atoms in total.